The van der Waals surface area contributed by atoms with Gasteiger partial charge in [-0.3, -0.25) is 4.90 Å². The summed E-state index contributed by atoms with van der Waals surface area (Å²) in [6, 6.07) is 4.11. The molecule has 1 aromatic rings. The van der Waals surface area contributed by atoms with Crippen LogP contribution in [0.4, 0.5) is 0 Å². The lowest BCUT2D eigenvalue weighted by molar-refractivity contribution is 0.0796. The van der Waals surface area contributed by atoms with E-state index in [1.54, 1.807) is 0 Å². The number of rotatable bonds is 3. The molecule has 3 atom stereocenters. The molecule has 3 unspecified atom stereocenters. The van der Waals surface area contributed by atoms with E-state index < -0.39 is 0 Å². The third-order valence-electron chi connectivity index (χ3n) is 5.18. The van der Waals surface area contributed by atoms with Gasteiger partial charge in [-0.15, -0.1) is 0 Å². The maximum atomic E-state index is 5.74. The fourth-order valence-electron chi connectivity index (χ4n) is 4.18. The highest BCUT2D eigenvalue weighted by Gasteiger charge is 2.35. The minimum Gasteiger partial charge on any atom is -0.466 e. The molecule has 2 aliphatic heterocycles. The second kappa shape index (κ2) is 5.90. The topological polar surface area (TPSA) is 28.4 Å². The minimum atomic E-state index is 0.472. The van der Waals surface area contributed by atoms with Gasteiger partial charge in [-0.25, -0.2) is 0 Å². The van der Waals surface area contributed by atoms with E-state index in [0.717, 1.165) is 11.5 Å². The molecule has 3 rings (SSSR count). The lowest BCUT2D eigenvalue weighted by Crippen LogP contribution is -2.50. The van der Waals surface area contributed by atoms with Crippen molar-refractivity contribution in [2.24, 2.45) is 0 Å². The number of hydrogen-bond donors (Lipinski definition) is 1. The second-order valence-electron chi connectivity index (χ2n) is 6.55. The van der Waals surface area contributed by atoms with Gasteiger partial charge in [-0.1, -0.05) is 6.42 Å². The van der Waals surface area contributed by atoms with E-state index in [0.29, 0.717) is 18.1 Å². The molecule has 0 saturated carbocycles. The predicted octanol–water partition coefficient (Wildman–Crippen LogP) is 3.56. The van der Waals surface area contributed by atoms with Crippen molar-refractivity contribution in [1.82, 2.24) is 10.2 Å². The zero-order chi connectivity index (χ0) is 14.1. The summed E-state index contributed by atoms with van der Waals surface area (Å²) < 4.78 is 5.74. The van der Waals surface area contributed by atoms with Crippen molar-refractivity contribution in [3.63, 3.8) is 0 Å². The molecule has 2 saturated heterocycles. The molecular weight excluding hydrogens is 248 g/mol. The quantitative estimate of drug-likeness (QED) is 0.915. The molecule has 20 heavy (non-hydrogen) atoms. The number of hydrogen-bond acceptors (Lipinski definition) is 3. The van der Waals surface area contributed by atoms with Crippen molar-refractivity contribution in [3.8, 4) is 0 Å². The molecular formula is C17H28N2O. The largest absolute Gasteiger partial charge is 0.466 e. The van der Waals surface area contributed by atoms with Crippen LogP contribution in [0.3, 0.4) is 0 Å². The maximum Gasteiger partial charge on any atom is 0.105 e. The van der Waals surface area contributed by atoms with Gasteiger partial charge in [0, 0.05) is 23.7 Å². The highest BCUT2D eigenvalue weighted by molar-refractivity contribution is 5.24. The monoisotopic (exact) mass is 276 g/mol. The highest BCUT2D eigenvalue weighted by Crippen LogP contribution is 2.34. The molecule has 1 N–H and O–H groups in total. The first kappa shape index (κ1) is 14.2. The Hall–Kier alpha value is -0.800. The van der Waals surface area contributed by atoms with Crippen LogP contribution in [0.5, 0.6) is 0 Å². The molecule has 0 spiro atoms. The number of furan rings is 1. The van der Waals surface area contributed by atoms with E-state index in [9.17, 15) is 0 Å². The first-order valence-electron chi connectivity index (χ1n) is 8.23. The molecule has 0 bridgehead atoms. The van der Waals surface area contributed by atoms with Crippen molar-refractivity contribution >= 4 is 0 Å². The van der Waals surface area contributed by atoms with Gasteiger partial charge in [-0.2, -0.15) is 0 Å². The van der Waals surface area contributed by atoms with E-state index in [4.69, 9.17) is 4.42 Å². The summed E-state index contributed by atoms with van der Waals surface area (Å²) in [7, 11) is 0. The second-order valence-corrected chi connectivity index (χ2v) is 6.55. The van der Waals surface area contributed by atoms with Crippen LogP contribution in [0.2, 0.25) is 0 Å². The highest BCUT2D eigenvalue weighted by atomic mass is 16.3. The Balaban J connectivity index is 1.79. The molecule has 0 aromatic carbocycles. The zero-order valence-corrected chi connectivity index (χ0v) is 13.1. The Morgan fingerprint density at radius 1 is 1.25 bits per heavy atom. The summed E-state index contributed by atoms with van der Waals surface area (Å²) in [4.78, 5) is 2.73. The standard InChI is InChI=1S/C17H28N2O/c1-12-11-15(14(3)20-12)13(2)19-10-5-4-8-17(19)16-7-6-9-18-16/h11,13,16-18H,4-10H2,1-3H3. The number of aryl methyl sites for hydroxylation is 2. The molecule has 3 nitrogen and oxygen atoms in total. The summed E-state index contributed by atoms with van der Waals surface area (Å²) in [5.74, 6) is 2.13. The Morgan fingerprint density at radius 2 is 2.10 bits per heavy atom. The van der Waals surface area contributed by atoms with E-state index in [2.05, 4.69) is 37.1 Å². The van der Waals surface area contributed by atoms with Gasteiger partial charge in [0.15, 0.2) is 0 Å². The van der Waals surface area contributed by atoms with Crippen LogP contribution in [0.15, 0.2) is 10.5 Å². The van der Waals surface area contributed by atoms with Crippen LogP contribution in [0.1, 0.15) is 62.2 Å². The lowest BCUT2D eigenvalue weighted by Gasteiger charge is -2.42. The van der Waals surface area contributed by atoms with Crippen molar-refractivity contribution in [2.45, 2.75) is 71.0 Å². The summed E-state index contributed by atoms with van der Waals surface area (Å²) >= 11 is 0. The van der Waals surface area contributed by atoms with Crippen molar-refractivity contribution in [1.29, 1.82) is 0 Å². The molecule has 3 heteroatoms. The number of likely N-dealkylation sites (tertiary alicyclic amines) is 1. The van der Waals surface area contributed by atoms with Gasteiger partial charge >= 0.3 is 0 Å². The van der Waals surface area contributed by atoms with Gasteiger partial charge in [0.25, 0.3) is 0 Å². The van der Waals surface area contributed by atoms with Gasteiger partial charge in [0.1, 0.15) is 11.5 Å². The fourth-order valence-corrected chi connectivity index (χ4v) is 4.18. The summed E-state index contributed by atoms with van der Waals surface area (Å²) in [6.45, 7) is 8.94. The number of piperidine rings is 1. The molecule has 1 aromatic heterocycles. The molecule has 112 valence electrons. The van der Waals surface area contributed by atoms with Crippen LogP contribution in [-0.2, 0) is 0 Å². The van der Waals surface area contributed by atoms with Gasteiger partial charge in [0.2, 0.25) is 0 Å². The average molecular weight is 276 g/mol. The van der Waals surface area contributed by atoms with Crippen LogP contribution >= 0.6 is 0 Å². The molecule has 2 aliphatic rings. The SMILES string of the molecule is Cc1cc(C(C)N2CCCCC2C2CCCN2)c(C)o1. The average Bonchev–Trinajstić information content (AvgIpc) is 3.07. The summed E-state index contributed by atoms with van der Waals surface area (Å²) in [6.07, 6.45) is 6.75. The number of nitrogens with zero attached hydrogens (tertiary/aromatic N) is 1. The fraction of sp³-hybridized carbons (Fsp3) is 0.765. The first-order valence-corrected chi connectivity index (χ1v) is 8.23. The van der Waals surface area contributed by atoms with E-state index in [1.165, 1.54) is 50.8 Å². The van der Waals surface area contributed by atoms with Crippen molar-refractivity contribution in [3.05, 3.63) is 23.2 Å². The summed E-state index contributed by atoms with van der Waals surface area (Å²) in [5, 5.41) is 3.72. The molecule has 0 radical (unpaired) electrons. The maximum absolute atomic E-state index is 5.74. The zero-order valence-electron chi connectivity index (χ0n) is 13.1. The lowest BCUT2D eigenvalue weighted by atomic mass is 9.91. The molecule has 3 heterocycles. The van der Waals surface area contributed by atoms with Crippen LogP contribution in [0.25, 0.3) is 0 Å². The summed E-state index contributed by atoms with van der Waals surface area (Å²) in [5.41, 5.74) is 1.38. The van der Waals surface area contributed by atoms with Crippen LogP contribution in [-0.4, -0.2) is 30.1 Å². The third kappa shape index (κ3) is 2.66. The third-order valence-corrected chi connectivity index (χ3v) is 5.18. The smallest absolute Gasteiger partial charge is 0.105 e. The normalized spacial score (nSPS) is 29.8. The Labute approximate surface area is 122 Å². The van der Waals surface area contributed by atoms with Crippen LogP contribution in [0, 0.1) is 13.8 Å². The van der Waals surface area contributed by atoms with Gasteiger partial charge < -0.3 is 9.73 Å². The van der Waals surface area contributed by atoms with Crippen LogP contribution < -0.4 is 5.32 Å². The Morgan fingerprint density at radius 3 is 2.75 bits per heavy atom. The van der Waals surface area contributed by atoms with Gasteiger partial charge in [0.05, 0.1) is 0 Å². The minimum absolute atomic E-state index is 0.472. The predicted molar refractivity (Wildman–Crippen MR) is 82.0 cm³/mol. The Bertz CT molecular complexity index is 448. The number of nitrogens with one attached hydrogen (secondary N) is 1. The van der Waals surface area contributed by atoms with E-state index in [-0.39, 0.29) is 0 Å². The molecule has 0 aliphatic carbocycles. The Kier molecular flexibility index (Phi) is 4.18. The van der Waals surface area contributed by atoms with Gasteiger partial charge in [-0.05, 0) is 65.6 Å². The van der Waals surface area contributed by atoms with Crippen molar-refractivity contribution in [2.75, 3.05) is 13.1 Å². The van der Waals surface area contributed by atoms with E-state index in [1.807, 2.05) is 0 Å². The molecule has 2 fully saturated rings. The van der Waals surface area contributed by atoms with Crippen molar-refractivity contribution < 1.29 is 4.42 Å². The first-order chi connectivity index (χ1) is 9.66. The van der Waals surface area contributed by atoms with E-state index >= 15 is 0 Å². The molecule has 0 amide bonds.